The van der Waals surface area contributed by atoms with E-state index in [0.717, 1.165) is 33.5 Å². The lowest BCUT2D eigenvalue weighted by molar-refractivity contribution is 0.0527. The van der Waals surface area contributed by atoms with Crippen LogP contribution in [0, 0.1) is 6.92 Å². The van der Waals surface area contributed by atoms with Crippen molar-refractivity contribution in [2.24, 2.45) is 0 Å². The van der Waals surface area contributed by atoms with Crippen LogP contribution in [-0.4, -0.2) is 30.3 Å². The summed E-state index contributed by atoms with van der Waals surface area (Å²) >= 11 is 10.0. The molecule has 2 rings (SSSR count). The number of nitrogens with one attached hydrogen (secondary N) is 2. The van der Waals surface area contributed by atoms with Crippen molar-refractivity contribution in [3.63, 3.8) is 0 Å². The molecule has 2 aromatic rings. The second-order valence-corrected chi connectivity index (χ2v) is 8.28. The van der Waals surface area contributed by atoms with Crippen molar-refractivity contribution in [3.8, 4) is 0 Å². The highest BCUT2D eigenvalue weighted by Gasteiger charge is 2.26. The molecular weight excluding hydrogens is 476 g/mol. The standard InChI is InChI=1S/C20H23BrN2O4S2/c1-5-12-10-13(21)8-9-14(12)22-20(28)23-17-15(18(24)26-6-2)11(4)16(29-17)19(25)27-7-3/h8-10H,5-7H2,1-4H3,(H2,22,23,28). The molecule has 29 heavy (non-hydrogen) atoms. The molecule has 1 aromatic carbocycles. The van der Waals surface area contributed by atoms with E-state index in [0.29, 0.717) is 20.6 Å². The third-order valence-corrected chi connectivity index (χ3v) is 5.90. The van der Waals surface area contributed by atoms with Crippen molar-refractivity contribution in [1.82, 2.24) is 0 Å². The zero-order valence-electron chi connectivity index (χ0n) is 16.7. The summed E-state index contributed by atoms with van der Waals surface area (Å²) in [5.41, 5.74) is 2.75. The van der Waals surface area contributed by atoms with Gasteiger partial charge in [0.15, 0.2) is 5.11 Å². The van der Waals surface area contributed by atoms with Gasteiger partial charge in [-0.3, -0.25) is 0 Å². The van der Waals surface area contributed by atoms with Crippen molar-refractivity contribution in [1.29, 1.82) is 0 Å². The second-order valence-electron chi connectivity index (χ2n) is 5.94. The number of hydrogen-bond acceptors (Lipinski definition) is 6. The average molecular weight is 499 g/mol. The molecule has 0 fully saturated rings. The number of thiocarbonyl (C=S) groups is 1. The molecule has 2 N–H and O–H groups in total. The summed E-state index contributed by atoms with van der Waals surface area (Å²) in [6, 6.07) is 5.86. The number of thiophene rings is 1. The number of esters is 2. The van der Waals surface area contributed by atoms with Crippen LogP contribution >= 0.6 is 39.5 Å². The van der Waals surface area contributed by atoms with E-state index in [9.17, 15) is 9.59 Å². The zero-order chi connectivity index (χ0) is 21.6. The van der Waals surface area contributed by atoms with Gasteiger partial charge in [0.1, 0.15) is 9.88 Å². The van der Waals surface area contributed by atoms with Gasteiger partial charge in [0.2, 0.25) is 0 Å². The number of anilines is 2. The van der Waals surface area contributed by atoms with Gasteiger partial charge >= 0.3 is 11.9 Å². The summed E-state index contributed by atoms with van der Waals surface area (Å²) in [7, 11) is 0. The van der Waals surface area contributed by atoms with E-state index >= 15 is 0 Å². The molecule has 0 amide bonds. The Labute approximate surface area is 188 Å². The molecule has 0 unspecified atom stereocenters. The zero-order valence-corrected chi connectivity index (χ0v) is 19.9. The van der Waals surface area contributed by atoms with E-state index in [2.05, 4.69) is 33.5 Å². The van der Waals surface area contributed by atoms with E-state index in [1.54, 1.807) is 20.8 Å². The molecule has 9 heteroatoms. The summed E-state index contributed by atoms with van der Waals surface area (Å²) < 4.78 is 11.2. The maximum absolute atomic E-state index is 12.5. The fourth-order valence-corrected chi connectivity index (χ4v) is 4.45. The Hall–Kier alpha value is -1.97. The predicted molar refractivity (Wildman–Crippen MR) is 124 cm³/mol. The van der Waals surface area contributed by atoms with Gasteiger partial charge in [-0.2, -0.15) is 0 Å². The maximum Gasteiger partial charge on any atom is 0.348 e. The number of halogens is 1. The monoisotopic (exact) mass is 498 g/mol. The van der Waals surface area contributed by atoms with E-state index in [-0.39, 0.29) is 18.8 Å². The molecule has 0 saturated carbocycles. The van der Waals surface area contributed by atoms with Crippen LogP contribution in [0.1, 0.15) is 51.9 Å². The van der Waals surface area contributed by atoms with Crippen LogP contribution in [0.3, 0.4) is 0 Å². The number of carbonyl (C=O) groups excluding carboxylic acids is 2. The number of ether oxygens (including phenoxy) is 2. The van der Waals surface area contributed by atoms with E-state index in [1.807, 2.05) is 18.2 Å². The first-order valence-corrected chi connectivity index (χ1v) is 11.2. The van der Waals surface area contributed by atoms with Gasteiger partial charge in [0.05, 0.1) is 18.8 Å². The SMILES string of the molecule is CCOC(=O)c1sc(NC(=S)Nc2ccc(Br)cc2CC)c(C(=O)OCC)c1C. The Kier molecular flexibility index (Phi) is 8.60. The van der Waals surface area contributed by atoms with Gasteiger partial charge in [0.25, 0.3) is 0 Å². The van der Waals surface area contributed by atoms with Crippen LogP contribution in [-0.2, 0) is 15.9 Å². The minimum atomic E-state index is -0.514. The molecule has 1 heterocycles. The Balaban J connectivity index is 2.33. The van der Waals surface area contributed by atoms with E-state index in [1.165, 1.54) is 0 Å². The fourth-order valence-electron chi connectivity index (χ4n) is 2.68. The Morgan fingerprint density at radius 2 is 1.76 bits per heavy atom. The Bertz CT molecular complexity index is 927. The van der Waals surface area contributed by atoms with Crippen molar-refractivity contribution < 1.29 is 19.1 Å². The molecule has 0 radical (unpaired) electrons. The lowest BCUT2D eigenvalue weighted by atomic mass is 10.1. The summed E-state index contributed by atoms with van der Waals surface area (Å²) in [5, 5.41) is 6.95. The molecule has 0 spiro atoms. The quantitative estimate of drug-likeness (QED) is 0.383. The second kappa shape index (κ2) is 10.7. The van der Waals surface area contributed by atoms with Crippen molar-refractivity contribution >= 4 is 67.2 Å². The van der Waals surface area contributed by atoms with Crippen LogP contribution < -0.4 is 10.6 Å². The van der Waals surface area contributed by atoms with Gasteiger partial charge < -0.3 is 20.1 Å². The van der Waals surface area contributed by atoms with Crippen molar-refractivity contribution in [3.05, 3.63) is 44.2 Å². The summed E-state index contributed by atoms with van der Waals surface area (Å²) in [5.74, 6) is -0.992. The number of aryl methyl sites for hydroxylation is 1. The van der Waals surface area contributed by atoms with Gasteiger partial charge in [-0.15, -0.1) is 11.3 Å². The van der Waals surface area contributed by atoms with Crippen molar-refractivity contribution in [2.75, 3.05) is 23.8 Å². The van der Waals surface area contributed by atoms with Crippen LogP contribution in [0.15, 0.2) is 22.7 Å². The fraction of sp³-hybridized carbons (Fsp3) is 0.350. The number of hydrogen-bond donors (Lipinski definition) is 2. The molecule has 156 valence electrons. The molecule has 0 aliphatic heterocycles. The Morgan fingerprint density at radius 1 is 1.10 bits per heavy atom. The number of rotatable bonds is 7. The molecule has 0 bridgehead atoms. The first-order chi connectivity index (χ1) is 13.8. The normalized spacial score (nSPS) is 10.4. The largest absolute Gasteiger partial charge is 0.462 e. The number of carbonyl (C=O) groups is 2. The van der Waals surface area contributed by atoms with Gasteiger partial charge in [-0.1, -0.05) is 22.9 Å². The van der Waals surface area contributed by atoms with E-state index in [4.69, 9.17) is 21.7 Å². The molecule has 0 saturated heterocycles. The molecule has 0 aliphatic rings. The molecule has 0 atom stereocenters. The predicted octanol–water partition coefficient (Wildman–Crippen LogP) is 5.54. The highest BCUT2D eigenvalue weighted by Crippen LogP contribution is 2.34. The van der Waals surface area contributed by atoms with Crippen LogP contribution in [0.25, 0.3) is 0 Å². The van der Waals surface area contributed by atoms with Crippen LogP contribution in [0.2, 0.25) is 0 Å². The van der Waals surface area contributed by atoms with Gasteiger partial charge in [0, 0.05) is 10.2 Å². The highest BCUT2D eigenvalue weighted by atomic mass is 79.9. The maximum atomic E-state index is 12.5. The minimum Gasteiger partial charge on any atom is -0.462 e. The molecular formula is C20H23BrN2O4S2. The smallest absolute Gasteiger partial charge is 0.348 e. The highest BCUT2D eigenvalue weighted by molar-refractivity contribution is 9.10. The van der Waals surface area contributed by atoms with Gasteiger partial charge in [-0.05, 0) is 68.7 Å². The summed E-state index contributed by atoms with van der Waals surface area (Å²) in [6.45, 7) is 7.68. The van der Waals surface area contributed by atoms with Crippen LogP contribution in [0.5, 0.6) is 0 Å². The first-order valence-electron chi connectivity index (χ1n) is 9.16. The topological polar surface area (TPSA) is 76.7 Å². The third kappa shape index (κ3) is 5.77. The summed E-state index contributed by atoms with van der Waals surface area (Å²) in [6.07, 6.45) is 0.823. The Morgan fingerprint density at radius 3 is 2.38 bits per heavy atom. The molecule has 0 aliphatic carbocycles. The average Bonchev–Trinajstić information content (AvgIpc) is 2.99. The lowest BCUT2D eigenvalue weighted by Gasteiger charge is -2.14. The molecule has 6 nitrogen and oxygen atoms in total. The molecule has 1 aromatic heterocycles. The van der Waals surface area contributed by atoms with Crippen molar-refractivity contribution in [2.45, 2.75) is 34.1 Å². The minimum absolute atomic E-state index is 0.226. The third-order valence-electron chi connectivity index (χ3n) is 4.01. The van der Waals surface area contributed by atoms with E-state index < -0.39 is 11.9 Å². The van der Waals surface area contributed by atoms with Crippen LogP contribution in [0.4, 0.5) is 10.7 Å². The lowest BCUT2D eigenvalue weighted by Crippen LogP contribution is -2.21. The summed E-state index contributed by atoms with van der Waals surface area (Å²) in [4.78, 5) is 25.1. The number of benzene rings is 1. The van der Waals surface area contributed by atoms with Gasteiger partial charge in [-0.25, -0.2) is 9.59 Å². The first kappa shape index (κ1) is 23.3.